The lowest BCUT2D eigenvalue weighted by Gasteiger charge is -2.03. The molecule has 0 aliphatic heterocycles. The number of allylic oxidation sites excluding steroid dienone is 1. The summed E-state index contributed by atoms with van der Waals surface area (Å²) in [5, 5.41) is 8.85. The first-order chi connectivity index (χ1) is 4.09. The highest BCUT2D eigenvalue weighted by Crippen LogP contribution is 1.98. The fourth-order valence-corrected chi connectivity index (χ4v) is 0.382. The van der Waals surface area contributed by atoms with Gasteiger partial charge >= 0.3 is 0 Å². The highest BCUT2D eigenvalue weighted by Gasteiger charge is 2.10. The molecule has 3 heteroatoms. The van der Waals surface area contributed by atoms with Gasteiger partial charge in [0.05, 0.1) is 0 Å². The number of primary amides is 1. The first-order valence-electron chi connectivity index (χ1n) is 2.69. The van der Waals surface area contributed by atoms with Gasteiger partial charge in [-0.2, -0.15) is 0 Å². The largest absolute Gasteiger partial charge is 0.379 e. The van der Waals surface area contributed by atoms with E-state index in [1.165, 1.54) is 0 Å². The summed E-state index contributed by atoms with van der Waals surface area (Å²) in [6.45, 7) is 3.39. The summed E-state index contributed by atoms with van der Waals surface area (Å²) in [5.74, 6) is -0.703. The molecular formula is C6H11NO2. The summed E-state index contributed by atoms with van der Waals surface area (Å²) >= 11 is 0. The number of carbonyl (C=O) groups is 1. The number of amides is 1. The molecule has 0 spiro atoms. The molecule has 3 nitrogen and oxygen atoms in total. The van der Waals surface area contributed by atoms with Crippen LogP contribution in [0, 0.1) is 0 Å². The second-order valence-corrected chi connectivity index (χ2v) is 1.84. The Bertz CT molecular complexity index is 140. The fraction of sp³-hybridized carbons (Fsp3) is 0.500. The Morgan fingerprint density at radius 2 is 2.22 bits per heavy atom. The number of carbonyl (C=O) groups excluding carboxylic acids is 1. The van der Waals surface area contributed by atoms with Gasteiger partial charge in [0.2, 0.25) is 0 Å². The van der Waals surface area contributed by atoms with Crippen LogP contribution in [0.25, 0.3) is 0 Å². The van der Waals surface area contributed by atoms with Crippen molar-refractivity contribution in [1.29, 1.82) is 0 Å². The van der Waals surface area contributed by atoms with E-state index in [4.69, 9.17) is 10.8 Å². The van der Waals surface area contributed by atoms with Gasteiger partial charge < -0.3 is 10.8 Å². The minimum atomic E-state index is -1.12. The zero-order valence-corrected chi connectivity index (χ0v) is 5.59. The van der Waals surface area contributed by atoms with Crippen molar-refractivity contribution in [3.8, 4) is 0 Å². The van der Waals surface area contributed by atoms with Crippen molar-refractivity contribution < 1.29 is 9.90 Å². The van der Waals surface area contributed by atoms with E-state index in [-0.39, 0.29) is 0 Å². The van der Waals surface area contributed by atoms with Crippen molar-refractivity contribution in [2.45, 2.75) is 20.0 Å². The average molecular weight is 129 g/mol. The van der Waals surface area contributed by atoms with Crippen LogP contribution in [-0.2, 0) is 4.79 Å². The van der Waals surface area contributed by atoms with E-state index in [1.807, 2.05) is 0 Å². The molecule has 0 rings (SSSR count). The lowest BCUT2D eigenvalue weighted by atomic mass is 10.1. The standard InChI is InChI=1S/C6H11NO2/c1-3-4(2)5(8)6(7)9/h3,5,8H,1-2H3,(H2,7,9)/b4-3+. The first kappa shape index (κ1) is 8.17. The number of nitrogens with two attached hydrogens (primary N) is 1. The molecule has 0 saturated carbocycles. The molecule has 1 amide bonds. The van der Waals surface area contributed by atoms with Gasteiger partial charge in [-0.15, -0.1) is 0 Å². The maximum absolute atomic E-state index is 10.2. The molecule has 0 aliphatic carbocycles. The van der Waals surface area contributed by atoms with E-state index < -0.39 is 12.0 Å². The van der Waals surface area contributed by atoms with E-state index in [0.29, 0.717) is 5.57 Å². The lowest BCUT2D eigenvalue weighted by molar-refractivity contribution is -0.124. The van der Waals surface area contributed by atoms with Gasteiger partial charge in [-0.1, -0.05) is 6.08 Å². The highest BCUT2D eigenvalue weighted by molar-refractivity contribution is 5.81. The minimum Gasteiger partial charge on any atom is -0.379 e. The average Bonchev–Trinajstić information content (AvgIpc) is 1.84. The zero-order valence-electron chi connectivity index (χ0n) is 5.59. The first-order valence-corrected chi connectivity index (χ1v) is 2.69. The lowest BCUT2D eigenvalue weighted by Crippen LogP contribution is -2.28. The third-order valence-corrected chi connectivity index (χ3v) is 1.16. The molecule has 0 saturated heterocycles. The summed E-state index contributed by atoms with van der Waals surface area (Å²) in [7, 11) is 0. The Kier molecular flexibility index (Phi) is 2.95. The molecule has 1 unspecified atom stereocenters. The van der Waals surface area contributed by atoms with Gasteiger partial charge in [-0.3, -0.25) is 4.79 Å². The molecule has 0 heterocycles. The van der Waals surface area contributed by atoms with Gasteiger partial charge in [0.15, 0.2) is 6.10 Å². The van der Waals surface area contributed by atoms with Gasteiger partial charge in [-0.25, -0.2) is 0 Å². The van der Waals surface area contributed by atoms with Gasteiger partial charge in [0.1, 0.15) is 0 Å². The van der Waals surface area contributed by atoms with E-state index in [9.17, 15) is 4.79 Å². The molecule has 0 aromatic carbocycles. The molecule has 0 bridgehead atoms. The second-order valence-electron chi connectivity index (χ2n) is 1.84. The SMILES string of the molecule is C/C=C(\C)C(O)C(N)=O. The summed E-state index contributed by atoms with van der Waals surface area (Å²) < 4.78 is 0. The third-order valence-electron chi connectivity index (χ3n) is 1.16. The fourth-order valence-electron chi connectivity index (χ4n) is 0.382. The molecule has 0 radical (unpaired) electrons. The van der Waals surface area contributed by atoms with Crippen LogP contribution in [0.15, 0.2) is 11.6 Å². The van der Waals surface area contributed by atoms with Crippen LogP contribution >= 0.6 is 0 Å². The molecule has 52 valence electrons. The van der Waals surface area contributed by atoms with Gasteiger partial charge in [0.25, 0.3) is 5.91 Å². The van der Waals surface area contributed by atoms with E-state index in [1.54, 1.807) is 19.9 Å². The Balaban J connectivity index is 4.04. The molecule has 0 fully saturated rings. The van der Waals surface area contributed by atoms with Crippen LogP contribution in [0.2, 0.25) is 0 Å². The number of rotatable bonds is 2. The highest BCUT2D eigenvalue weighted by atomic mass is 16.3. The summed E-state index contributed by atoms with van der Waals surface area (Å²) in [6.07, 6.45) is 0.532. The zero-order chi connectivity index (χ0) is 7.44. The van der Waals surface area contributed by atoms with E-state index >= 15 is 0 Å². The molecule has 0 aromatic heterocycles. The molecule has 0 aromatic rings. The summed E-state index contributed by atoms with van der Waals surface area (Å²) in [5.41, 5.74) is 5.37. The van der Waals surface area contributed by atoms with Gasteiger partial charge in [-0.05, 0) is 19.4 Å². The molecule has 0 aliphatic rings. The molecule has 3 N–H and O–H groups in total. The van der Waals surface area contributed by atoms with E-state index in [2.05, 4.69) is 0 Å². The van der Waals surface area contributed by atoms with Crippen molar-refractivity contribution in [3.63, 3.8) is 0 Å². The van der Waals surface area contributed by atoms with Crippen molar-refractivity contribution in [2.24, 2.45) is 5.73 Å². The van der Waals surface area contributed by atoms with Crippen molar-refractivity contribution >= 4 is 5.91 Å². The third kappa shape index (κ3) is 2.28. The van der Waals surface area contributed by atoms with Crippen LogP contribution in [0.1, 0.15) is 13.8 Å². The van der Waals surface area contributed by atoms with Crippen LogP contribution < -0.4 is 5.73 Å². The number of hydrogen-bond acceptors (Lipinski definition) is 2. The van der Waals surface area contributed by atoms with Gasteiger partial charge in [0, 0.05) is 0 Å². The number of aliphatic hydroxyl groups is 1. The second kappa shape index (κ2) is 3.25. The van der Waals surface area contributed by atoms with Crippen LogP contribution in [0.5, 0.6) is 0 Å². The quantitative estimate of drug-likeness (QED) is 0.507. The normalized spacial score (nSPS) is 15.2. The maximum Gasteiger partial charge on any atom is 0.250 e. The Labute approximate surface area is 54.2 Å². The molecular weight excluding hydrogens is 118 g/mol. The number of hydrogen-bond donors (Lipinski definition) is 2. The van der Waals surface area contributed by atoms with Crippen LogP contribution in [0.3, 0.4) is 0 Å². The Morgan fingerprint density at radius 1 is 1.78 bits per heavy atom. The van der Waals surface area contributed by atoms with Crippen LogP contribution in [-0.4, -0.2) is 17.1 Å². The topological polar surface area (TPSA) is 63.3 Å². The monoisotopic (exact) mass is 129 g/mol. The minimum absolute atomic E-state index is 0.586. The van der Waals surface area contributed by atoms with Crippen molar-refractivity contribution in [1.82, 2.24) is 0 Å². The summed E-state index contributed by atoms with van der Waals surface area (Å²) in [4.78, 5) is 10.2. The predicted molar refractivity (Wildman–Crippen MR) is 34.6 cm³/mol. The van der Waals surface area contributed by atoms with E-state index in [0.717, 1.165) is 0 Å². The molecule has 1 atom stereocenters. The maximum atomic E-state index is 10.2. The smallest absolute Gasteiger partial charge is 0.250 e. The Hall–Kier alpha value is -0.830. The Morgan fingerprint density at radius 3 is 2.33 bits per heavy atom. The van der Waals surface area contributed by atoms with Crippen molar-refractivity contribution in [3.05, 3.63) is 11.6 Å². The van der Waals surface area contributed by atoms with Crippen LogP contribution in [0.4, 0.5) is 0 Å². The predicted octanol–water partition coefficient (Wildman–Crippen LogP) is -0.201. The summed E-state index contributed by atoms with van der Waals surface area (Å²) in [6, 6.07) is 0. The van der Waals surface area contributed by atoms with Crippen molar-refractivity contribution in [2.75, 3.05) is 0 Å². The molecule has 9 heavy (non-hydrogen) atoms. The number of aliphatic hydroxyl groups excluding tert-OH is 1.